The van der Waals surface area contributed by atoms with Crippen molar-refractivity contribution in [3.05, 3.63) is 12.7 Å². The molecular formula is C12H24ClN3O. The van der Waals surface area contributed by atoms with Crippen LogP contribution in [0, 0.1) is 5.41 Å². The summed E-state index contributed by atoms with van der Waals surface area (Å²) in [5.41, 5.74) is 6.14. The maximum atomic E-state index is 11.5. The van der Waals surface area contributed by atoms with Crippen LogP contribution < -0.4 is 11.1 Å². The van der Waals surface area contributed by atoms with E-state index in [0.717, 1.165) is 19.5 Å². The molecule has 4 nitrogen and oxygen atoms in total. The Morgan fingerprint density at radius 1 is 1.65 bits per heavy atom. The van der Waals surface area contributed by atoms with E-state index in [0.29, 0.717) is 13.1 Å². The minimum atomic E-state index is 0. The Morgan fingerprint density at radius 3 is 2.82 bits per heavy atom. The van der Waals surface area contributed by atoms with Crippen molar-refractivity contribution >= 4 is 18.3 Å². The third-order valence-corrected chi connectivity index (χ3v) is 3.20. The molecule has 100 valence electrons. The summed E-state index contributed by atoms with van der Waals surface area (Å²) in [6.07, 6.45) is 2.65. The monoisotopic (exact) mass is 261 g/mol. The SMILES string of the molecule is C=CCNC(=O)CN1CCC(N)C(C)(C)C1.Cl. The van der Waals surface area contributed by atoms with Crippen LogP contribution in [0.1, 0.15) is 20.3 Å². The Bertz CT molecular complexity index is 268. The zero-order chi connectivity index (χ0) is 12.2. The number of amides is 1. The summed E-state index contributed by atoms with van der Waals surface area (Å²) in [4.78, 5) is 13.7. The summed E-state index contributed by atoms with van der Waals surface area (Å²) >= 11 is 0. The van der Waals surface area contributed by atoms with Crippen LogP contribution in [-0.2, 0) is 4.79 Å². The number of piperidine rings is 1. The molecule has 1 amide bonds. The molecule has 1 saturated heterocycles. The summed E-state index contributed by atoms with van der Waals surface area (Å²) in [5, 5.41) is 2.79. The molecule has 1 fully saturated rings. The number of likely N-dealkylation sites (tertiary alicyclic amines) is 1. The lowest BCUT2D eigenvalue weighted by molar-refractivity contribution is -0.122. The molecule has 0 bridgehead atoms. The summed E-state index contributed by atoms with van der Waals surface area (Å²) < 4.78 is 0. The van der Waals surface area contributed by atoms with E-state index in [4.69, 9.17) is 5.73 Å². The van der Waals surface area contributed by atoms with Crippen LogP contribution >= 0.6 is 12.4 Å². The Labute approximate surface area is 110 Å². The molecule has 0 aromatic rings. The molecule has 0 aromatic carbocycles. The smallest absolute Gasteiger partial charge is 0.234 e. The second-order valence-corrected chi connectivity index (χ2v) is 5.19. The fourth-order valence-electron chi connectivity index (χ4n) is 2.06. The Morgan fingerprint density at radius 2 is 2.29 bits per heavy atom. The number of nitrogens with one attached hydrogen (secondary N) is 1. The quantitative estimate of drug-likeness (QED) is 0.735. The summed E-state index contributed by atoms with van der Waals surface area (Å²) in [7, 11) is 0. The summed E-state index contributed by atoms with van der Waals surface area (Å²) in [6, 6.07) is 0.236. The predicted octanol–water partition coefficient (Wildman–Crippen LogP) is 0.770. The number of hydrogen-bond donors (Lipinski definition) is 2. The van der Waals surface area contributed by atoms with Crippen LogP contribution in [0.4, 0.5) is 0 Å². The van der Waals surface area contributed by atoms with E-state index >= 15 is 0 Å². The third kappa shape index (κ3) is 5.06. The standard InChI is InChI=1S/C12H23N3O.ClH/c1-4-6-14-11(16)8-15-7-5-10(13)12(2,3)9-15;/h4,10H,1,5-9,13H2,2-3H3,(H,14,16);1H. The van der Waals surface area contributed by atoms with Gasteiger partial charge in [-0.2, -0.15) is 0 Å². The minimum Gasteiger partial charge on any atom is -0.352 e. The van der Waals surface area contributed by atoms with Gasteiger partial charge in [0.05, 0.1) is 6.54 Å². The highest BCUT2D eigenvalue weighted by Gasteiger charge is 2.33. The van der Waals surface area contributed by atoms with Gasteiger partial charge in [-0.1, -0.05) is 19.9 Å². The van der Waals surface area contributed by atoms with Crippen molar-refractivity contribution < 1.29 is 4.79 Å². The molecule has 1 atom stereocenters. The van der Waals surface area contributed by atoms with Crippen LogP contribution in [0.15, 0.2) is 12.7 Å². The number of carbonyl (C=O) groups excluding carboxylic acids is 1. The normalized spacial score (nSPS) is 23.6. The molecule has 0 spiro atoms. The highest BCUT2D eigenvalue weighted by Crippen LogP contribution is 2.27. The van der Waals surface area contributed by atoms with E-state index in [1.807, 2.05) is 0 Å². The fourth-order valence-corrected chi connectivity index (χ4v) is 2.06. The average molecular weight is 262 g/mol. The van der Waals surface area contributed by atoms with Gasteiger partial charge in [0.25, 0.3) is 0 Å². The van der Waals surface area contributed by atoms with Gasteiger partial charge in [0.15, 0.2) is 0 Å². The van der Waals surface area contributed by atoms with Crippen LogP contribution in [0.3, 0.4) is 0 Å². The van der Waals surface area contributed by atoms with Gasteiger partial charge in [-0.3, -0.25) is 9.69 Å². The molecular weight excluding hydrogens is 238 g/mol. The van der Waals surface area contributed by atoms with Gasteiger partial charge >= 0.3 is 0 Å². The molecule has 0 saturated carbocycles. The zero-order valence-electron chi connectivity index (χ0n) is 10.7. The van der Waals surface area contributed by atoms with Gasteiger partial charge in [-0.05, 0) is 11.8 Å². The van der Waals surface area contributed by atoms with Crippen molar-refractivity contribution in [1.82, 2.24) is 10.2 Å². The molecule has 3 N–H and O–H groups in total. The number of carbonyl (C=O) groups is 1. The Hall–Kier alpha value is -0.580. The second kappa shape index (κ2) is 6.99. The van der Waals surface area contributed by atoms with E-state index in [1.54, 1.807) is 6.08 Å². The van der Waals surface area contributed by atoms with Gasteiger partial charge in [0.1, 0.15) is 0 Å². The highest BCUT2D eigenvalue weighted by molar-refractivity contribution is 5.85. The first-order valence-electron chi connectivity index (χ1n) is 5.81. The van der Waals surface area contributed by atoms with Crippen LogP contribution in [-0.4, -0.2) is 43.0 Å². The third-order valence-electron chi connectivity index (χ3n) is 3.20. The van der Waals surface area contributed by atoms with E-state index in [-0.39, 0.29) is 29.8 Å². The van der Waals surface area contributed by atoms with Gasteiger partial charge in [0, 0.05) is 25.7 Å². The van der Waals surface area contributed by atoms with Crippen LogP contribution in [0.2, 0.25) is 0 Å². The number of halogens is 1. The lowest BCUT2D eigenvalue weighted by atomic mass is 9.80. The average Bonchev–Trinajstić information content (AvgIpc) is 2.20. The molecule has 5 heteroatoms. The lowest BCUT2D eigenvalue weighted by Crippen LogP contribution is -2.54. The Balaban J connectivity index is 0.00000256. The van der Waals surface area contributed by atoms with Crippen molar-refractivity contribution in [2.45, 2.75) is 26.3 Å². The van der Waals surface area contributed by atoms with Crippen LogP contribution in [0.5, 0.6) is 0 Å². The molecule has 1 aliphatic heterocycles. The molecule has 0 radical (unpaired) electrons. The zero-order valence-corrected chi connectivity index (χ0v) is 11.6. The minimum absolute atomic E-state index is 0. The van der Waals surface area contributed by atoms with Crippen molar-refractivity contribution in [2.24, 2.45) is 11.1 Å². The molecule has 1 rings (SSSR count). The van der Waals surface area contributed by atoms with Gasteiger partial charge in [0.2, 0.25) is 5.91 Å². The molecule has 0 aromatic heterocycles. The topological polar surface area (TPSA) is 58.4 Å². The van der Waals surface area contributed by atoms with E-state index in [9.17, 15) is 4.79 Å². The molecule has 0 aliphatic carbocycles. The van der Waals surface area contributed by atoms with Crippen molar-refractivity contribution in [3.8, 4) is 0 Å². The second-order valence-electron chi connectivity index (χ2n) is 5.19. The van der Waals surface area contributed by atoms with Crippen molar-refractivity contribution in [1.29, 1.82) is 0 Å². The van der Waals surface area contributed by atoms with E-state index in [1.165, 1.54) is 0 Å². The van der Waals surface area contributed by atoms with Crippen molar-refractivity contribution in [2.75, 3.05) is 26.2 Å². The maximum absolute atomic E-state index is 11.5. The summed E-state index contributed by atoms with van der Waals surface area (Å²) in [5.74, 6) is 0.0613. The number of rotatable bonds is 4. The lowest BCUT2D eigenvalue weighted by Gasteiger charge is -2.42. The first-order valence-corrected chi connectivity index (χ1v) is 5.81. The fraction of sp³-hybridized carbons (Fsp3) is 0.750. The van der Waals surface area contributed by atoms with Crippen molar-refractivity contribution in [3.63, 3.8) is 0 Å². The number of hydrogen-bond acceptors (Lipinski definition) is 3. The largest absolute Gasteiger partial charge is 0.352 e. The van der Waals surface area contributed by atoms with Gasteiger partial charge < -0.3 is 11.1 Å². The predicted molar refractivity (Wildman–Crippen MR) is 73.3 cm³/mol. The first-order chi connectivity index (χ1) is 7.45. The van der Waals surface area contributed by atoms with E-state index in [2.05, 4.69) is 30.6 Å². The molecule has 1 aliphatic rings. The number of nitrogens with zero attached hydrogens (tertiary/aromatic N) is 1. The maximum Gasteiger partial charge on any atom is 0.234 e. The number of nitrogens with two attached hydrogens (primary N) is 1. The summed E-state index contributed by atoms with van der Waals surface area (Å²) in [6.45, 7) is 10.7. The molecule has 1 unspecified atom stereocenters. The van der Waals surface area contributed by atoms with Gasteiger partial charge in [-0.15, -0.1) is 19.0 Å². The molecule has 1 heterocycles. The highest BCUT2D eigenvalue weighted by atomic mass is 35.5. The van der Waals surface area contributed by atoms with E-state index < -0.39 is 0 Å². The van der Waals surface area contributed by atoms with Gasteiger partial charge in [-0.25, -0.2) is 0 Å². The Kier molecular flexibility index (Phi) is 6.75. The first kappa shape index (κ1) is 16.4. The van der Waals surface area contributed by atoms with Crippen LogP contribution in [0.25, 0.3) is 0 Å². The molecule has 17 heavy (non-hydrogen) atoms.